The van der Waals surface area contributed by atoms with E-state index in [2.05, 4.69) is 10.2 Å². The zero-order chi connectivity index (χ0) is 6.27. The van der Waals surface area contributed by atoms with E-state index < -0.39 is 0 Å². The van der Waals surface area contributed by atoms with Gasteiger partial charge in [-0.25, -0.2) is 0 Å². The number of allylic oxidation sites excluding steroid dienone is 1. The molecule has 0 aliphatic carbocycles. The quantitative estimate of drug-likeness (QED) is 0.557. The lowest BCUT2D eigenvalue weighted by Crippen LogP contribution is -1.82. The molecule has 46 valence electrons. The predicted octanol–water partition coefficient (Wildman–Crippen LogP) is 1.81. The molecule has 2 aliphatic rings. The van der Waals surface area contributed by atoms with E-state index in [1.807, 2.05) is 5.41 Å². The summed E-state index contributed by atoms with van der Waals surface area (Å²) in [6, 6.07) is 0. The fraction of sp³-hybridized carbons (Fsp3) is 0.200. The van der Waals surface area contributed by atoms with E-state index >= 15 is 0 Å². The van der Waals surface area contributed by atoms with Gasteiger partial charge < -0.3 is 5.11 Å². The smallest absolute Gasteiger partial charge is 0.237 e. The molecule has 0 aromatic carbocycles. The number of aliphatic hydroxyl groups is 1. The van der Waals surface area contributed by atoms with Crippen molar-refractivity contribution >= 4 is 11.8 Å². The molecule has 0 fully saturated rings. The summed E-state index contributed by atoms with van der Waals surface area (Å²) in [5.41, 5.74) is 1.71. The number of hydrogen-bond donors (Lipinski definition) is 1. The minimum Gasteiger partial charge on any atom is -0.492 e. The molecule has 2 rings (SSSR count). The fourth-order valence-electron chi connectivity index (χ4n) is 0.774. The Morgan fingerprint density at radius 2 is 2.44 bits per heavy atom. The molecule has 3 nitrogen and oxygen atoms in total. The van der Waals surface area contributed by atoms with E-state index in [1.54, 1.807) is 11.8 Å². The van der Waals surface area contributed by atoms with Crippen molar-refractivity contribution in [3.8, 4) is 0 Å². The van der Waals surface area contributed by atoms with Gasteiger partial charge in [0.25, 0.3) is 0 Å². The number of azo groups is 1. The predicted molar refractivity (Wildman–Crippen MR) is 35.1 cm³/mol. The molecule has 0 spiro atoms. The third-order valence-electron chi connectivity index (χ3n) is 1.25. The van der Waals surface area contributed by atoms with Gasteiger partial charge in [0.1, 0.15) is 5.70 Å². The Labute approximate surface area is 56.2 Å². The highest BCUT2D eigenvalue weighted by molar-refractivity contribution is 8.02. The van der Waals surface area contributed by atoms with Gasteiger partial charge in [0.2, 0.25) is 5.88 Å². The van der Waals surface area contributed by atoms with Crippen LogP contribution in [-0.4, -0.2) is 10.9 Å². The Kier molecular flexibility index (Phi) is 0.900. The average Bonchev–Trinajstić information content (AvgIpc) is 2.35. The monoisotopic (exact) mass is 140 g/mol. The highest BCUT2D eigenvalue weighted by Gasteiger charge is 2.21. The zero-order valence-electron chi connectivity index (χ0n) is 4.53. The minimum atomic E-state index is 0.0891. The summed E-state index contributed by atoms with van der Waals surface area (Å²) < 4.78 is 0. The summed E-state index contributed by atoms with van der Waals surface area (Å²) in [7, 11) is 0. The van der Waals surface area contributed by atoms with Gasteiger partial charge in [0, 0.05) is 5.75 Å². The molecule has 0 amide bonds. The second-order valence-electron chi connectivity index (χ2n) is 1.82. The maximum Gasteiger partial charge on any atom is 0.237 e. The lowest BCUT2D eigenvalue weighted by Gasteiger charge is -1.86. The van der Waals surface area contributed by atoms with Gasteiger partial charge in [-0.3, -0.25) is 0 Å². The maximum absolute atomic E-state index is 8.96. The van der Waals surface area contributed by atoms with Crippen LogP contribution in [0.4, 0.5) is 0 Å². The van der Waals surface area contributed by atoms with E-state index in [4.69, 9.17) is 5.11 Å². The summed E-state index contributed by atoms with van der Waals surface area (Å²) in [4.78, 5) is 0. The molecule has 0 saturated heterocycles. The Morgan fingerprint density at radius 3 is 3.22 bits per heavy atom. The second-order valence-corrected chi connectivity index (χ2v) is 2.67. The van der Waals surface area contributed by atoms with E-state index in [-0.39, 0.29) is 5.88 Å². The summed E-state index contributed by atoms with van der Waals surface area (Å²) in [6.07, 6.45) is 0. The zero-order valence-corrected chi connectivity index (χ0v) is 5.35. The number of nitrogens with zero attached hydrogens (tertiary/aromatic N) is 2. The molecule has 2 aliphatic heterocycles. The van der Waals surface area contributed by atoms with Crippen molar-refractivity contribution in [2.45, 2.75) is 0 Å². The Morgan fingerprint density at radius 1 is 1.56 bits per heavy atom. The van der Waals surface area contributed by atoms with Crippen molar-refractivity contribution in [2.75, 3.05) is 5.75 Å². The highest BCUT2D eigenvalue weighted by atomic mass is 32.2. The van der Waals surface area contributed by atoms with Crippen LogP contribution in [0.5, 0.6) is 0 Å². The van der Waals surface area contributed by atoms with Crippen LogP contribution in [0.3, 0.4) is 0 Å². The van der Waals surface area contributed by atoms with Crippen molar-refractivity contribution in [1.29, 1.82) is 0 Å². The lowest BCUT2D eigenvalue weighted by molar-refractivity contribution is 0.401. The van der Waals surface area contributed by atoms with Gasteiger partial charge in [-0.15, -0.1) is 22.0 Å². The third kappa shape index (κ3) is 0.595. The van der Waals surface area contributed by atoms with Crippen LogP contribution in [0.1, 0.15) is 0 Å². The fourth-order valence-corrected chi connectivity index (χ4v) is 1.65. The van der Waals surface area contributed by atoms with Gasteiger partial charge in [-0.2, -0.15) is 0 Å². The summed E-state index contributed by atoms with van der Waals surface area (Å²) in [5.74, 6) is 0.903. The Bertz CT molecular complexity index is 239. The highest BCUT2D eigenvalue weighted by Crippen LogP contribution is 2.34. The first-order chi connectivity index (χ1) is 4.38. The van der Waals surface area contributed by atoms with E-state index in [9.17, 15) is 0 Å². The number of hydrogen-bond acceptors (Lipinski definition) is 4. The molecule has 0 atom stereocenters. The molecule has 0 unspecified atom stereocenters. The van der Waals surface area contributed by atoms with Crippen LogP contribution in [0, 0.1) is 0 Å². The molecular weight excluding hydrogens is 136 g/mol. The molecule has 1 N–H and O–H groups in total. The second kappa shape index (κ2) is 1.60. The van der Waals surface area contributed by atoms with Gasteiger partial charge in [0.15, 0.2) is 0 Å². The number of aliphatic hydroxyl groups excluding tert-OH is 1. The van der Waals surface area contributed by atoms with Crippen molar-refractivity contribution in [3.63, 3.8) is 0 Å². The van der Waals surface area contributed by atoms with Crippen LogP contribution in [0.25, 0.3) is 0 Å². The molecule has 4 heteroatoms. The topological polar surface area (TPSA) is 45.0 Å². The Hall–Kier alpha value is -0.770. The maximum atomic E-state index is 8.96. The van der Waals surface area contributed by atoms with Gasteiger partial charge >= 0.3 is 0 Å². The largest absolute Gasteiger partial charge is 0.492 e. The van der Waals surface area contributed by atoms with Crippen LogP contribution < -0.4 is 0 Å². The van der Waals surface area contributed by atoms with Crippen LogP contribution in [0.15, 0.2) is 32.8 Å². The average molecular weight is 140 g/mol. The molecular formula is C5H4N2OS. The van der Waals surface area contributed by atoms with E-state index in [0.29, 0.717) is 0 Å². The van der Waals surface area contributed by atoms with Crippen molar-refractivity contribution < 1.29 is 5.11 Å². The van der Waals surface area contributed by atoms with E-state index in [0.717, 1.165) is 17.0 Å². The normalized spacial score (nSPS) is 22.9. The third-order valence-corrected chi connectivity index (χ3v) is 2.10. The van der Waals surface area contributed by atoms with E-state index in [1.165, 1.54) is 0 Å². The number of rotatable bonds is 0. The van der Waals surface area contributed by atoms with Crippen LogP contribution in [0.2, 0.25) is 0 Å². The van der Waals surface area contributed by atoms with Gasteiger partial charge in [0.05, 0.1) is 5.57 Å². The van der Waals surface area contributed by atoms with Crippen molar-refractivity contribution in [2.24, 2.45) is 10.2 Å². The first kappa shape index (κ1) is 5.05. The first-order valence-electron chi connectivity index (χ1n) is 2.54. The van der Waals surface area contributed by atoms with Crippen molar-refractivity contribution in [3.05, 3.63) is 22.6 Å². The molecule has 9 heavy (non-hydrogen) atoms. The molecule has 0 radical (unpaired) electrons. The van der Waals surface area contributed by atoms with Gasteiger partial charge in [-0.1, -0.05) is 0 Å². The molecule has 2 heterocycles. The number of thioether (sulfide) groups is 1. The molecule has 0 aromatic heterocycles. The number of fused-ring (bicyclic) bond motifs is 1. The lowest BCUT2D eigenvalue weighted by atomic mass is 10.3. The van der Waals surface area contributed by atoms with Crippen molar-refractivity contribution in [1.82, 2.24) is 0 Å². The van der Waals surface area contributed by atoms with Crippen LogP contribution >= 0.6 is 11.8 Å². The van der Waals surface area contributed by atoms with Gasteiger partial charge in [-0.05, 0) is 5.41 Å². The SMILES string of the molecule is OC1=C2CSC=C2N=N1. The summed E-state index contributed by atoms with van der Waals surface area (Å²) in [6.45, 7) is 0. The molecule has 0 saturated carbocycles. The minimum absolute atomic E-state index is 0.0891. The Balaban J connectivity index is 2.52. The van der Waals surface area contributed by atoms with Crippen LogP contribution in [-0.2, 0) is 0 Å². The molecule has 0 aromatic rings. The first-order valence-corrected chi connectivity index (χ1v) is 3.59. The molecule has 0 bridgehead atoms. The summed E-state index contributed by atoms with van der Waals surface area (Å²) in [5, 5.41) is 18.1. The summed E-state index contributed by atoms with van der Waals surface area (Å²) >= 11 is 1.64. The standard InChI is InChI=1S/C5H4N2OS/c8-5-3-1-9-2-4(3)6-7-5/h2,8H,1H2.